The van der Waals surface area contributed by atoms with E-state index in [-0.39, 0.29) is 17.7 Å². The number of benzene rings is 2. The molecule has 3 aromatic rings. The zero-order valence-corrected chi connectivity index (χ0v) is 19.7. The lowest BCUT2D eigenvalue weighted by atomic mass is 10.00. The van der Waals surface area contributed by atoms with Gasteiger partial charge in [0.2, 0.25) is 5.95 Å². The standard InChI is InChI=1S/C25H27F3N6O/c1-15-4-5-16(10-20(15)17-12-30-24(29)31-13-17)23(35)32-21-11-18(25(26,27)28)6-7-22(21)34(3)19-8-9-33(2)14-19/h4-7,10-13,19H,8-9,14H2,1-3H3,(H,32,35)(H2,29,30,31)/t19-/m1/s1. The van der Waals surface area contributed by atoms with Crippen LogP contribution in [0.25, 0.3) is 11.1 Å². The lowest BCUT2D eigenvalue weighted by Crippen LogP contribution is -2.34. The monoisotopic (exact) mass is 484 g/mol. The first kappa shape index (κ1) is 24.5. The van der Waals surface area contributed by atoms with Crippen molar-refractivity contribution in [2.75, 3.05) is 43.1 Å². The number of carbonyl (C=O) groups is 1. The summed E-state index contributed by atoms with van der Waals surface area (Å²) >= 11 is 0. The molecule has 0 bridgehead atoms. The van der Waals surface area contributed by atoms with Crippen molar-refractivity contribution in [1.29, 1.82) is 0 Å². The van der Waals surface area contributed by atoms with E-state index in [0.717, 1.165) is 42.8 Å². The molecule has 0 radical (unpaired) electrons. The molecule has 2 aromatic carbocycles. The number of hydrogen-bond acceptors (Lipinski definition) is 6. The first-order valence-electron chi connectivity index (χ1n) is 11.2. The van der Waals surface area contributed by atoms with Gasteiger partial charge in [0.05, 0.1) is 16.9 Å². The Balaban J connectivity index is 1.67. The van der Waals surface area contributed by atoms with Crippen LogP contribution in [0.5, 0.6) is 0 Å². The average molecular weight is 485 g/mol. The molecule has 1 amide bonds. The molecule has 1 saturated heterocycles. The molecule has 2 heterocycles. The van der Waals surface area contributed by atoms with Gasteiger partial charge in [-0.25, -0.2) is 9.97 Å². The van der Waals surface area contributed by atoms with Crippen LogP contribution in [0.2, 0.25) is 0 Å². The second kappa shape index (κ2) is 9.53. The number of amides is 1. The second-order valence-corrected chi connectivity index (χ2v) is 8.86. The molecule has 0 spiro atoms. The predicted molar refractivity (Wildman–Crippen MR) is 130 cm³/mol. The smallest absolute Gasteiger partial charge is 0.369 e. The van der Waals surface area contributed by atoms with Crippen LogP contribution in [0.1, 0.15) is 27.9 Å². The number of nitrogens with zero attached hydrogens (tertiary/aromatic N) is 4. The van der Waals surface area contributed by atoms with Crippen molar-refractivity contribution >= 4 is 23.2 Å². The second-order valence-electron chi connectivity index (χ2n) is 8.86. The summed E-state index contributed by atoms with van der Waals surface area (Å²) < 4.78 is 40.4. The van der Waals surface area contributed by atoms with E-state index in [1.807, 2.05) is 25.9 Å². The van der Waals surface area contributed by atoms with Gasteiger partial charge in [0.15, 0.2) is 0 Å². The largest absolute Gasteiger partial charge is 0.416 e. The number of halogens is 3. The van der Waals surface area contributed by atoms with Gasteiger partial charge >= 0.3 is 6.18 Å². The van der Waals surface area contributed by atoms with Gasteiger partial charge in [0, 0.05) is 43.2 Å². The van der Waals surface area contributed by atoms with Gasteiger partial charge in [-0.3, -0.25) is 4.79 Å². The van der Waals surface area contributed by atoms with E-state index >= 15 is 0 Å². The number of hydrogen-bond donors (Lipinski definition) is 2. The molecular formula is C25H27F3N6O. The van der Waals surface area contributed by atoms with Gasteiger partial charge in [-0.1, -0.05) is 6.07 Å². The van der Waals surface area contributed by atoms with E-state index in [1.54, 1.807) is 30.6 Å². The van der Waals surface area contributed by atoms with Crippen LogP contribution in [0, 0.1) is 6.92 Å². The third kappa shape index (κ3) is 5.37. The molecule has 1 atom stereocenters. The molecule has 0 saturated carbocycles. The van der Waals surface area contributed by atoms with Crippen LogP contribution in [0.4, 0.5) is 30.5 Å². The highest BCUT2D eigenvalue weighted by Crippen LogP contribution is 2.37. The Morgan fingerprint density at radius 3 is 2.51 bits per heavy atom. The molecule has 184 valence electrons. The summed E-state index contributed by atoms with van der Waals surface area (Å²) in [5.41, 5.74) is 7.99. The Bertz CT molecular complexity index is 1230. The molecule has 4 rings (SSSR count). The van der Waals surface area contributed by atoms with E-state index in [9.17, 15) is 18.0 Å². The van der Waals surface area contributed by atoms with Gasteiger partial charge in [-0.2, -0.15) is 13.2 Å². The first-order valence-corrected chi connectivity index (χ1v) is 11.2. The number of aryl methyl sites for hydroxylation is 1. The van der Waals surface area contributed by atoms with Crippen LogP contribution in [0.15, 0.2) is 48.8 Å². The van der Waals surface area contributed by atoms with E-state index in [2.05, 4.69) is 20.2 Å². The summed E-state index contributed by atoms with van der Waals surface area (Å²) in [7, 11) is 3.84. The molecule has 35 heavy (non-hydrogen) atoms. The maximum atomic E-state index is 13.5. The van der Waals surface area contributed by atoms with Crippen molar-refractivity contribution in [3.8, 4) is 11.1 Å². The number of nitrogen functional groups attached to an aromatic ring is 1. The zero-order chi connectivity index (χ0) is 25.3. The van der Waals surface area contributed by atoms with Gasteiger partial charge in [0.1, 0.15) is 0 Å². The van der Waals surface area contributed by atoms with E-state index in [0.29, 0.717) is 16.8 Å². The minimum absolute atomic E-state index is 0.111. The summed E-state index contributed by atoms with van der Waals surface area (Å²) in [4.78, 5) is 25.3. The predicted octanol–water partition coefficient (Wildman–Crippen LogP) is 4.45. The lowest BCUT2D eigenvalue weighted by molar-refractivity contribution is -0.137. The van der Waals surface area contributed by atoms with E-state index in [1.165, 1.54) is 6.07 Å². The number of nitrogens with two attached hydrogens (primary N) is 1. The van der Waals surface area contributed by atoms with Crippen molar-refractivity contribution in [1.82, 2.24) is 14.9 Å². The molecule has 0 aliphatic carbocycles. The van der Waals surface area contributed by atoms with Crippen molar-refractivity contribution in [2.45, 2.75) is 25.6 Å². The summed E-state index contributed by atoms with van der Waals surface area (Å²) in [6, 6.07) is 8.66. The average Bonchev–Trinajstić information content (AvgIpc) is 3.25. The van der Waals surface area contributed by atoms with Crippen LogP contribution in [0.3, 0.4) is 0 Å². The SMILES string of the molecule is Cc1ccc(C(=O)Nc2cc(C(F)(F)F)ccc2N(C)[C@@H]2CCN(C)C2)cc1-c1cnc(N)nc1. The van der Waals surface area contributed by atoms with Gasteiger partial charge < -0.3 is 20.9 Å². The zero-order valence-electron chi connectivity index (χ0n) is 19.7. The van der Waals surface area contributed by atoms with Gasteiger partial charge in [-0.15, -0.1) is 0 Å². The summed E-state index contributed by atoms with van der Waals surface area (Å²) in [6.45, 7) is 3.57. The number of likely N-dealkylation sites (N-methyl/N-ethyl adjacent to an activating group) is 2. The fourth-order valence-electron chi connectivity index (χ4n) is 4.29. The minimum atomic E-state index is -4.53. The molecule has 7 nitrogen and oxygen atoms in total. The highest BCUT2D eigenvalue weighted by atomic mass is 19.4. The number of anilines is 3. The minimum Gasteiger partial charge on any atom is -0.369 e. The third-order valence-electron chi connectivity index (χ3n) is 6.35. The number of rotatable bonds is 5. The maximum absolute atomic E-state index is 13.5. The maximum Gasteiger partial charge on any atom is 0.416 e. The highest BCUT2D eigenvalue weighted by molar-refractivity contribution is 6.06. The number of nitrogens with one attached hydrogen (secondary N) is 1. The number of alkyl halides is 3. The number of likely N-dealkylation sites (tertiary alicyclic amines) is 1. The summed E-state index contributed by atoms with van der Waals surface area (Å²) in [6.07, 6.45) is -0.529. The third-order valence-corrected chi connectivity index (χ3v) is 6.35. The molecule has 1 fully saturated rings. The van der Waals surface area contributed by atoms with Crippen LogP contribution in [-0.2, 0) is 6.18 Å². The van der Waals surface area contributed by atoms with E-state index < -0.39 is 17.6 Å². The van der Waals surface area contributed by atoms with Crippen molar-refractivity contribution in [2.24, 2.45) is 0 Å². The fraction of sp³-hybridized carbons (Fsp3) is 0.320. The van der Waals surface area contributed by atoms with Crippen LogP contribution < -0.4 is 16.0 Å². The van der Waals surface area contributed by atoms with Gasteiger partial charge in [-0.05, 0) is 68.4 Å². The van der Waals surface area contributed by atoms with Crippen molar-refractivity contribution in [3.63, 3.8) is 0 Å². The topological polar surface area (TPSA) is 87.4 Å². The van der Waals surface area contributed by atoms with Crippen molar-refractivity contribution < 1.29 is 18.0 Å². The first-order chi connectivity index (χ1) is 16.5. The fourth-order valence-corrected chi connectivity index (χ4v) is 4.29. The van der Waals surface area contributed by atoms with E-state index in [4.69, 9.17) is 5.73 Å². The van der Waals surface area contributed by atoms with Crippen LogP contribution in [-0.4, -0.2) is 54.0 Å². The Morgan fingerprint density at radius 1 is 1.17 bits per heavy atom. The molecule has 10 heteroatoms. The molecule has 1 aliphatic heterocycles. The molecule has 0 unspecified atom stereocenters. The molecule has 3 N–H and O–H groups in total. The lowest BCUT2D eigenvalue weighted by Gasteiger charge is -2.29. The molecule has 1 aromatic heterocycles. The Labute approximate surface area is 201 Å². The normalized spacial score (nSPS) is 16.3. The highest BCUT2D eigenvalue weighted by Gasteiger charge is 2.32. The Kier molecular flexibility index (Phi) is 6.66. The Morgan fingerprint density at radius 2 is 1.89 bits per heavy atom. The van der Waals surface area contributed by atoms with Gasteiger partial charge in [0.25, 0.3) is 5.91 Å². The molecule has 1 aliphatic rings. The quantitative estimate of drug-likeness (QED) is 0.557. The van der Waals surface area contributed by atoms with Crippen LogP contribution >= 0.6 is 0 Å². The summed E-state index contributed by atoms with van der Waals surface area (Å²) in [5, 5.41) is 2.72. The number of carbonyl (C=O) groups excluding carboxylic acids is 1. The summed E-state index contributed by atoms with van der Waals surface area (Å²) in [5.74, 6) is -0.380. The Hall–Kier alpha value is -3.66. The van der Waals surface area contributed by atoms with Crippen molar-refractivity contribution in [3.05, 3.63) is 65.5 Å². The number of aromatic nitrogens is 2. The molecular weight excluding hydrogens is 457 g/mol.